The largest absolute Gasteiger partial charge is 0.392 e. The molecule has 0 radical (unpaired) electrons. The quantitative estimate of drug-likeness (QED) is 0.103. The van der Waals surface area contributed by atoms with Crippen molar-refractivity contribution in [1.29, 1.82) is 0 Å². The van der Waals surface area contributed by atoms with Crippen LogP contribution in [0.4, 0.5) is 5.82 Å². The summed E-state index contributed by atoms with van der Waals surface area (Å²) in [6.45, 7) is 0.0618. The first kappa shape index (κ1) is 21.0. The number of ketones is 1. The fourth-order valence-corrected chi connectivity index (χ4v) is 2.22. The average molecular weight is 364 g/mol. The van der Waals surface area contributed by atoms with Crippen LogP contribution in [-0.2, 0) is 20.7 Å². The Morgan fingerprint density at radius 1 is 1.12 bits per heavy atom. The fraction of sp³-hybridized carbons (Fsp3) is 0.438. The maximum atomic E-state index is 12.4. The molecule has 0 atom stereocenters. The molecule has 1 aromatic rings. The average Bonchev–Trinajstić information content (AvgIpc) is 2.59. The van der Waals surface area contributed by atoms with Gasteiger partial charge in [0, 0.05) is 30.3 Å². The minimum Gasteiger partial charge on any atom is -0.392 e. The van der Waals surface area contributed by atoms with E-state index < -0.39 is 11.9 Å². The van der Waals surface area contributed by atoms with E-state index in [0.29, 0.717) is 30.5 Å². The number of unbranched alkanes of at least 4 members (excludes halogenated alkanes) is 1. The zero-order valence-corrected chi connectivity index (χ0v) is 14.4. The predicted octanol–water partition coefficient (Wildman–Crippen LogP) is -0.749. The van der Waals surface area contributed by atoms with Crippen LogP contribution in [0.15, 0.2) is 17.3 Å². The van der Waals surface area contributed by atoms with E-state index in [-0.39, 0.29) is 43.4 Å². The standard InChI is InChI=1S/C16H24N6O4/c17-9-14(25)26-13(24)5-4-11-10(6-8-21-15(11)18)12(23)3-1-2-7-22-16(19)20/h6,8H,1-5,7,9,17H2,(H2,18,21)(H4,19,20,22). The molecule has 1 heterocycles. The lowest BCUT2D eigenvalue weighted by Crippen LogP contribution is -2.22. The number of carbonyl (C=O) groups is 3. The molecule has 142 valence electrons. The molecule has 0 saturated carbocycles. The summed E-state index contributed by atoms with van der Waals surface area (Å²) in [7, 11) is 0. The van der Waals surface area contributed by atoms with Crippen LogP contribution in [0.5, 0.6) is 0 Å². The van der Waals surface area contributed by atoms with E-state index in [2.05, 4.69) is 14.7 Å². The van der Waals surface area contributed by atoms with Crippen molar-refractivity contribution >= 4 is 29.5 Å². The Hall–Kier alpha value is -3.01. The fourth-order valence-electron chi connectivity index (χ4n) is 2.22. The molecule has 8 N–H and O–H groups in total. The number of aliphatic imine (C=N–C) groups is 1. The van der Waals surface area contributed by atoms with Gasteiger partial charge in [0.05, 0.1) is 13.0 Å². The second kappa shape index (κ2) is 10.8. The Kier molecular flexibility index (Phi) is 8.71. The van der Waals surface area contributed by atoms with Gasteiger partial charge in [-0.15, -0.1) is 0 Å². The van der Waals surface area contributed by atoms with Gasteiger partial charge in [-0.3, -0.25) is 19.4 Å². The van der Waals surface area contributed by atoms with Crippen molar-refractivity contribution in [2.75, 3.05) is 18.8 Å². The van der Waals surface area contributed by atoms with Crippen LogP contribution in [0.2, 0.25) is 0 Å². The highest BCUT2D eigenvalue weighted by atomic mass is 16.6. The first-order valence-electron chi connectivity index (χ1n) is 8.10. The Morgan fingerprint density at radius 2 is 1.85 bits per heavy atom. The van der Waals surface area contributed by atoms with E-state index in [1.165, 1.54) is 6.20 Å². The molecule has 26 heavy (non-hydrogen) atoms. The number of ether oxygens (including phenoxy) is 1. The van der Waals surface area contributed by atoms with E-state index in [1.54, 1.807) is 6.07 Å². The highest BCUT2D eigenvalue weighted by molar-refractivity contribution is 5.98. The number of nitrogens with two attached hydrogens (primary N) is 4. The number of hydrogen-bond donors (Lipinski definition) is 4. The number of aromatic nitrogens is 1. The third-order valence-corrected chi connectivity index (χ3v) is 3.47. The summed E-state index contributed by atoms with van der Waals surface area (Å²) < 4.78 is 4.49. The van der Waals surface area contributed by atoms with E-state index in [0.717, 1.165) is 0 Å². The molecule has 0 aliphatic carbocycles. The van der Waals surface area contributed by atoms with E-state index in [9.17, 15) is 14.4 Å². The minimum absolute atomic E-state index is 0.0144. The van der Waals surface area contributed by atoms with Crippen LogP contribution in [0.3, 0.4) is 0 Å². The number of guanidine groups is 1. The van der Waals surface area contributed by atoms with Crippen molar-refractivity contribution in [3.05, 3.63) is 23.4 Å². The molecular formula is C16H24N6O4. The molecule has 0 aromatic carbocycles. The molecule has 0 bridgehead atoms. The molecule has 10 heteroatoms. The van der Waals surface area contributed by atoms with Gasteiger partial charge < -0.3 is 27.7 Å². The molecule has 0 aliphatic heterocycles. The van der Waals surface area contributed by atoms with Gasteiger partial charge in [0.15, 0.2) is 11.7 Å². The highest BCUT2D eigenvalue weighted by Gasteiger charge is 2.17. The van der Waals surface area contributed by atoms with Gasteiger partial charge in [0.2, 0.25) is 0 Å². The van der Waals surface area contributed by atoms with Gasteiger partial charge in [-0.2, -0.15) is 0 Å². The van der Waals surface area contributed by atoms with Crippen LogP contribution >= 0.6 is 0 Å². The number of esters is 2. The SMILES string of the molecule is NCC(=O)OC(=O)CCc1c(C(=O)CCCCN=C(N)N)ccnc1N. The summed E-state index contributed by atoms with van der Waals surface area (Å²) in [6, 6.07) is 1.56. The van der Waals surface area contributed by atoms with Crippen molar-refractivity contribution in [1.82, 2.24) is 4.98 Å². The third-order valence-electron chi connectivity index (χ3n) is 3.47. The van der Waals surface area contributed by atoms with Gasteiger partial charge in [0.25, 0.3) is 0 Å². The van der Waals surface area contributed by atoms with Gasteiger partial charge >= 0.3 is 11.9 Å². The summed E-state index contributed by atoms with van der Waals surface area (Å²) in [5.74, 6) is -1.49. The minimum atomic E-state index is -0.814. The maximum absolute atomic E-state index is 12.4. The number of carbonyl (C=O) groups excluding carboxylic acids is 3. The molecule has 0 aliphatic rings. The Morgan fingerprint density at radius 3 is 2.50 bits per heavy atom. The smallest absolute Gasteiger partial charge is 0.327 e. The monoisotopic (exact) mass is 364 g/mol. The number of nitrogen functional groups attached to an aromatic ring is 1. The van der Waals surface area contributed by atoms with Crippen LogP contribution in [0.25, 0.3) is 0 Å². The zero-order chi connectivity index (χ0) is 19.5. The molecular weight excluding hydrogens is 340 g/mol. The van der Waals surface area contributed by atoms with Crippen LogP contribution in [0, 0.1) is 0 Å². The Labute approximate surface area is 151 Å². The maximum Gasteiger partial charge on any atom is 0.327 e. The number of pyridine rings is 1. The second-order valence-electron chi connectivity index (χ2n) is 5.46. The van der Waals surface area contributed by atoms with E-state index in [4.69, 9.17) is 22.9 Å². The summed E-state index contributed by atoms with van der Waals surface area (Å²) in [4.78, 5) is 42.8. The number of nitrogens with zero attached hydrogens (tertiary/aromatic N) is 2. The lowest BCUT2D eigenvalue weighted by atomic mass is 9.98. The first-order chi connectivity index (χ1) is 12.3. The van der Waals surface area contributed by atoms with Crippen LogP contribution in [0.1, 0.15) is 41.6 Å². The Bertz CT molecular complexity index is 685. The number of rotatable bonds is 10. The van der Waals surface area contributed by atoms with Gasteiger partial charge in [-0.25, -0.2) is 4.98 Å². The summed E-state index contributed by atoms with van der Waals surface area (Å²) in [5.41, 5.74) is 22.2. The zero-order valence-electron chi connectivity index (χ0n) is 14.4. The van der Waals surface area contributed by atoms with Crippen molar-refractivity contribution in [3.63, 3.8) is 0 Å². The third kappa shape index (κ3) is 7.26. The predicted molar refractivity (Wildman–Crippen MR) is 96.0 cm³/mol. The summed E-state index contributed by atoms with van der Waals surface area (Å²) >= 11 is 0. The Balaban J connectivity index is 2.67. The van der Waals surface area contributed by atoms with Gasteiger partial charge in [-0.1, -0.05) is 0 Å². The van der Waals surface area contributed by atoms with E-state index >= 15 is 0 Å². The molecule has 0 amide bonds. The van der Waals surface area contributed by atoms with Crippen LogP contribution in [-0.4, -0.2) is 41.8 Å². The van der Waals surface area contributed by atoms with E-state index in [1.807, 2.05) is 0 Å². The van der Waals surface area contributed by atoms with Gasteiger partial charge in [-0.05, 0) is 25.3 Å². The lowest BCUT2D eigenvalue weighted by Gasteiger charge is -2.10. The van der Waals surface area contributed by atoms with Gasteiger partial charge in [0.1, 0.15) is 5.82 Å². The lowest BCUT2D eigenvalue weighted by molar-refractivity contribution is -0.158. The molecule has 0 unspecified atom stereocenters. The summed E-state index contributed by atoms with van der Waals surface area (Å²) in [6.07, 6.45) is 2.99. The first-order valence-corrected chi connectivity index (χ1v) is 8.10. The number of anilines is 1. The molecule has 1 rings (SSSR count). The van der Waals surface area contributed by atoms with Crippen molar-refractivity contribution in [2.45, 2.75) is 32.1 Å². The normalized spacial score (nSPS) is 10.2. The topological polar surface area (TPSA) is 190 Å². The number of hydrogen-bond acceptors (Lipinski definition) is 8. The molecule has 10 nitrogen and oxygen atoms in total. The van der Waals surface area contributed by atoms with Crippen LogP contribution < -0.4 is 22.9 Å². The van der Waals surface area contributed by atoms with Crippen molar-refractivity contribution in [3.8, 4) is 0 Å². The molecule has 0 saturated heterocycles. The summed E-state index contributed by atoms with van der Waals surface area (Å²) in [5, 5.41) is 0. The second-order valence-corrected chi connectivity index (χ2v) is 5.46. The molecule has 0 spiro atoms. The number of Topliss-reactive ketones (excluding diaryl/α,β-unsaturated/α-hetero) is 1. The van der Waals surface area contributed by atoms with Crippen molar-refractivity contribution in [2.24, 2.45) is 22.2 Å². The highest BCUT2D eigenvalue weighted by Crippen LogP contribution is 2.19. The molecule has 1 aromatic heterocycles. The van der Waals surface area contributed by atoms with Crippen molar-refractivity contribution < 1.29 is 19.1 Å². The molecule has 0 fully saturated rings.